The van der Waals surface area contributed by atoms with Gasteiger partial charge in [0.25, 0.3) is 0 Å². The third-order valence-electron chi connectivity index (χ3n) is 4.05. The van der Waals surface area contributed by atoms with Crippen molar-refractivity contribution < 1.29 is 0 Å². The van der Waals surface area contributed by atoms with Crippen LogP contribution in [0.1, 0.15) is 18.9 Å². The van der Waals surface area contributed by atoms with Crippen LogP contribution >= 0.6 is 35.6 Å². The topological polar surface area (TPSA) is 12.0 Å². The molecule has 4 heteroatoms. The SMILES string of the molecule is C[C@H]1NCC2C[C@@]21c1ccc(Cl)c(Cl)c1.Cl. The highest BCUT2D eigenvalue weighted by Gasteiger charge is 2.62. The van der Waals surface area contributed by atoms with E-state index in [9.17, 15) is 0 Å². The van der Waals surface area contributed by atoms with Crippen LogP contribution in [0.25, 0.3) is 0 Å². The van der Waals surface area contributed by atoms with Gasteiger partial charge in [-0.25, -0.2) is 0 Å². The van der Waals surface area contributed by atoms with E-state index >= 15 is 0 Å². The first-order chi connectivity index (χ1) is 7.14. The summed E-state index contributed by atoms with van der Waals surface area (Å²) in [6.07, 6.45) is 1.29. The second kappa shape index (κ2) is 4.06. The van der Waals surface area contributed by atoms with Crippen LogP contribution in [0.15, 0.2) is 18.2 Å². The third-order valence-corrected chi connectivity index (χ3v) is 4.79. The number of fused-ring (bicyclic) bond motifs is 1. The first kappa shape index (κ1) is 12.5. The summed E-state index contributed by atoms with van der Waals surface area (Å²) in [6, 6.07) is 6.62. The second-order valence-corrected chi connectivity index (χ2v) is 5.51. The number of rotatable bonds is 1. The molecule has 0 radical (unpaired) electrons. The second-order valence-electron chi connectivity index (χ2n) is 4.70. The molecule has 2 aliphatic rings. The van der Waals surface area contributed by atoms with Crippen LogP contribution in [0, 0.1) is 5.92 Å². The van der Waals surface area contributed by atoms with Crippen molar-refractivity contribution >= 4 is 35.6 Å². The highest BCUT2D eigenvalue weighted by molar-refractivity contribution is 6.42. The average Bonchev–Trinajstić information content (AvgIpc) is 2.87. The molecule has 2 fully saturated rings. The van der Waals surface area contributed by atoms with Crippen molar-refractivity contribution in [2.45, 2.75) is 24.8 Å². The fraction of sp³-hybridized carbons (Fsp3) is 0.500. The summed E-state index contributed by atoms with van der Waals surface area (Å²) in [5, 5.41) is 4.84. The first-order valence-electron chi connectivity index (χ1n) is 5.33. The van der Waals surface area contributed by atoms with Crippen molar-refractivity contribution in [3.8, 4) is 0 Å². The Bertz CT molecular complexity index is 421. The van der Waals surface area contributed by atoms with E-state index in [0.29, 0.717) is 21.5 Å². The standard InChI is InChI=1S/C12H13Cl2N.ClH/c1-7-12(5-9(12)6-15-7)8-2-3-10(13)11(14)4-8;/h2-4,7,9,15H,5-6H2,1H3;1H/t7-,9?,12-;/m1./s1. The maximum Gasteiger partial charge on any atom is 0.0595 e. The molecule has 1 N–H and O–H groups in total. The molecule has 1 saturated carbocycles. The van der Waals surface area contributed by atoms with Gasteiger partial charge < -0.3 is 5.32 Å². The lowest BCUT2D eigenvalue weighted by Crippen LogP contribution is -2.31. The van der Waals surface area contributed by atoms with E-state index in [1.165, 1.54) is 12.0 Å². The van der Waals surface area contributed by atoms with Crippen molar-refractivity contribution in [1.82, 2.24) is 5.32 Å². The highest BCUT2D eigenvalue weighted by atomic mass is 35.5. The molecule has 1 aromatic carbocycles. The number of benzene rings is 1. The summed E-state index contributed by atoms with van der Waals surface area (Å²) in [4.78, 5) is 0. The quantitative estimate of drug-likeness (QED) is 0.826. The first-order valence-corrected chi connectivity index (χ1v) is 6.09. The van der Waals surface area contributed by atoms with Gasteiger partial charge in [0.2, 0.25) is 0 Å². The molecule has 3 atom stereocenters. The summed E-state index contributed by atoms with van der Waals surface area (Å²) < 4.78 is 0. The maximum atomic E-state index is 6.07. The minimum absolute atomic E-state index is 0. The van der Waals surface area contributed by atoms with Crippen molar-refractivity contribution in [2.75, 3.05) is 6.54 Å². The monoisotopic (exact) mass is 277 g/mol. The number of piperidine rings is 1. The molecular weight excluding hydrogens is 264 g/mol. The number of halogens is 3. The molecule has 1 nitrogen and oxygen atoms in total. The fourth-order valence-electron chi connectivity index (χ4n) is 3.02. The number of nitrogens with one attached hydrogen (secondary N) is 1. The number of hydrogen-bond donors (Lipinski definition) is 1. The molecule has 16 heavy (non-hydrogen) atoms. The Morgan fingerprint density at radius 1 is 1.31 bits per heavy atom. The molecule has 1 aliphatic carbocycles. The van der Waals surface area contributed by atoms with Gasteiger partial charge in [0.1, 0.15) is 0 Å². The molecule has 1 heterocycles. The van der Waals surface area contributed by atoms with E-state index in [1.54, 1.807) is 0 Å². The summed E-state index contributed by atoms with van der Waals surface area (Å²) in [6.45, 7) is 3.40. The van der Waals surface area contributed by atoms with Gasteiger partial charge in [-0.1, -0.05) is 29.3 Å². The van der Waals surface area contributed by atoms with Crippen LogP contribution in [-0.4, -0.2) is 12.6 Å². The van der Waals surface area contributed by atoms with Crippen LogP contribution in [-0.2, 0) is 5.41 Å². The summed E-state index contributed by atoms with van der Waals surface area (Å²) >= 11 is 12.0. The van der Waals surface area contributed by atoms with E-state index in [-0.39, 0.29) is 12.4 Å². The zero-order valence-corrected chi connectivity index (χ0v) is 11.3. The van der Waals surface area contributed by atoms with Gasteiger partial charge in [-0.15, -0.1) is 12.4 Å². The Balaban J connectivity index is 0.000000963. The summed E-state index contributed by atoms with van der Waals surface area (Å²) in [5.74, 6) is 0.796. The molecule has 1 aliphatic heterocycles. The minimum atomic E-state index is 0. The van der Waals surface area contributed by atoms with Gasteiger partial charge in [-0.05, 0) is 43.5 Å². The molecule has 1 unspecified atom stereocenters. The Labute approximate surface area is 112 Å². The van der Waals surface area contributed by atoms with Gasteiger partial charge in [-0.3, -0.25) is 0 Å². The van der Waals surface area contributed by atoms with Crippen LogP contribution in [0.4, 0.5) is 0 Å². The van der Waals surface area contributed by atoms with E-state index in [0.717, 1.165) is 12.5 Å². The van der Waals surface area contributed by atoms with Crippen LogP contribution in [0.2, 0.25) is 10.0 Å². The zero-order valence-electron chi connectivity index (χ0n) is 8.97. The lowest BCUT2D eigenvalue weighted by atomic mass is 9.89. The van der Waals surface area contributed by atoms with Gasteiger partial charge >= 0.3 is 0 Å². The molecule has 0 amide bonds. The summed E-state index contributed by atoms with van der Waals surface area (Å²) in [7, 11) is 0. The molecular formula is C12H14Cl3N. The zero-order chi connectivity index (χ0) is 10.6. The predicted molar refractivity (Wildman–Crippen MR) is 71.0 cm³/mol. The van der Waals surface area contributed by atoms with Gasteiger partial charge in [0, 0.05) is 11.5 Å². The molecule has 0 aromatic heterocycles. The molecule has 88 valence electrons. The van der Waals surface area contributed by atoms with Crippen molar-refractivity contribution in [1.29, 1.82) is 0 Å². The Hall–Kier alpha value is 0.0500. The van der Waals surface area contributed by atoms with Crippen LogP contribution < -0.4 is 5.32 Å². The Morgan fingerprint density at radius 2 is 2.06 bits per heavy atom. The largest absolute Gasteiger partial charge is 0.313 e. The summed E-state index contributed by atoms with van der Waals surface area (Å²) in [5.41, 5.74) is 1.69. The fourth-order valence-corrected chi connectivity index (χ4v) is 3.32. The van der Waals surface area contributed by atoms with Gasteiger partial charge in [0.15, 0.2) is 0 Å². The highest BCUT2D eigenvalue weighted by Crippen LogP contribution is 2.59. The Kier molecular flexibility index (Phi) is 3.17. The average molecular weight is 279 g/mol. The molecule has 3 rings (SSSR count). The van der Waals surface area contributed by atoms with Gasteiger partial charge in [0.05, 0.1) is 10.0 Å². The normalized spacial score (nSPS) is 35.4. The Morgan fingerprint density at radius 3 is 2.56 bits per heavy atom. The predicted octanol–water partition coefficient (Wildman–Crippen LogP) is 3.66. The lowest BCUT2D eigenvalue weighted by Gasteiger charge is -2.20. The van der Waals surface area contributed by atoms with E-state index in [2.05, 4.69) is 18.3 Å². The maximum absolute atomic E-state index is 6.07. The van der Waals surface area contributed by atoms with Crippen molar-refractivity contribution in [2.24, 2.45) is 5.92 Å². The van der Waals surface area contributed by atoms with Crippen molar-refractivity contribution in [3.63, 3.8) is 0 Å². The third kappa shape index (κ3) is 1.57. The van der Waals surface area contributed by atoms with E-state index in [4.69, 9.17) is 23.2 Å². The molecule has 1 saturated heterocycles. The molecule has 0 bridgehead atoms. The molecule has 1 aromatic rings. The minimum Gasteiger partial charge on any atom is -0.313 e. The smallest absolute Gasteiger partial charge is 0.0595 e. The van der Waals surface area contributed by atoms with E-state index in [1.807, 2.05) is 12.1 Å². The van der Waals surface area contributed by atoms with Crippen LogP contribution in [0.3, 0.4) is 0 Å². The number of hydrogen-bond acceptors (Lipinski definition) is 1. The lowest BCUT2D eigenvalue weighted by molar-refractivity contribution is 0.520. The molecule has 0 spiro atoms. The van der Waals surface area contributed by atoms with Crippen molar-refractivity contribution in [3.05, 3.63) is 33.8 Å². The van der Waals surface area contributed by atoms with E-state index < -0.39 is 0 Å². The van der Waals surface area contributed by atoms with Crippen LogP contribution in [0.5, 0.6) is 0 Å². The van der Waals surface area contributed by atoms with Gasteiger partial charge in [-0.2, -0.15) is 0 Å².